The SMILES string of the molecule is COc1ccc([C@@H]2[C@@H](CO)OCCN2C(=O)CCCN2CCCCCC2)cc1OC. The number of benzene rings is 1. The molecule has 2 atom stereocenters. The van der Waals surface area contributed by atoms with E-state index in [4.69, 9.17) is 14.2 Å². The van der Waals surface area contributed by atoms with Gasteiger partial charge in [0.1, 0.15) is 6.10 Å². The average molecular weight is 421 g/mol. The average Bonchev–Trinajstić information content (AvgIpc) is 3.06. The number of rotatable bonds is 8. The number of morpholine rings is 1. The number of aliphatic hydroxyl groups is 1. The van der Waals surface area contributed by atoms with Crippen molar-refractivity contribution >= 4 is 5.91 Å². The molecule has 0 aromatic heterocycles. The summed E-state index contributed by atoms with van der Waals surface area (Å²) in [6.07, 6.45) is 6.08. The highest BCUT2D eigenvalue weighted by molar-refractivity contribution is 5.77. The van der Waals surface area contributed by atoms with Gasteiger partial charge in [-0.05, 0) is 56.6 Å². The Kier molecular flexibility index (Phi) is 8.78. The molecule has 2 aliphatic heterocycles. The topological polar surface area (TPSA) is 71.5 Å². The molecule has 1 aromatic carbocycles. The van der Waals surface area contributed by atoms with Gasteiger partial charge in [0.05, 0.1) is 33.5 Å². The van der Waals surface area contributed by atoms with Crippen LogP contribution in [-0.2, 0) is 9.53 Å². The monoisotopic (exact) mass is 420 g/mol. The summed E-state index contributed by atoms with van der Waals surface area (Å²) in [6, 6.07) is 5.28. The van der Waals surface area contributed by atoms with E-state index in [1.165, 1.54) is 25.7 Å². The smallest absolute Gasteiger partial charge is 0.223 e. The van der Waals surface area contributed by atoms with Crippen LogP contribution in [0.15, 0.2) is 18.2 Å². The van der Waals surface area contributed by atoms with Crippen molar-refractivity contribution in [3.05, 3.63) is 23.8 Å². The van der Waals surface area contributed by atoms with Gasteiger partial charge in [-0.15, -0.1) is 0 Å². The molecule has 0 unspecified atom stereocenters. The Bertz CT molecular complexity index is 676. The van der Waals surface area contributed by atoms with E-state index >= 15 is 0 Å². The lowest BCUT2D eigenvalue weighted by atomic mass is 9.97. The van der Waals surface area contributed by atoms with Crippen molar-refractivity contribution in [2.24, 2.45) is 0 Å². The van der Waals surface area contributed by atoms with Crippen LogP contribution in [0.5, 0.6) is 11.5 Å². The molecule has 0 spiro atoms. The Hall–Kier alpha value is -1.83. The van der Waals surface area contributed by atoms with Crippen molar-refractivity contribution in [3.8, 4) is 11.5 Å². The van der Waals surface area contributed by atoms with Crippen molar-refractivity contribution in [2.45, 2.75) is 50.7 Å². The van der Waals surface area contributed by atoms with Gasteiger partial charge in [-0.2, -0.15) is 0 Å². The summed E-state index contributed by atoms with van der Waals surface area (Å²) in [7, 11) is 3.19. The molecule has 168 valence electrons. The van der Waals surface area contributed by atoms with Crippen molar-refractivity contribution in [1.82, 2.24) is 9.80 Å². The number of hydrogen-bond acceptors (Lipinski definition) is 6. The first-order valence-corrected chi connectivity index (χ1v) is 11.1. The molecule has 1 N–H and O–H groups in total. The standard InChI is InChI=1S/C23H36N2O5/c1-28-19-10-9-18(16-20(19)29-2)23-21(17-26)30-15-14-25(23)22(27)8-7-13-24-11-5-3-4-6-12-24/h9-10,16,21,23,26H,3-8,11-15,17H2,1-2H3/t21-,23-/m1/s1. The van der Waals surface area contributed by atoms with Crippen molar-refractivity contribution in [3.63, 3.8) is 0 Å². The number of amides is 1. The van der Waals surface area contributed by atoms with Crippen LogP contribution in [0.1, 0.15) is 50.1 Å². The highest BCUT2D eigenvalue weighted by Gasteiger charge is 2.36. The molecule has 0 saturated carbocycles. The third-order valence-corrected chi connectivity index (χ3v) is 6.17. The molecular formula is C23H36N2O5. The van der Waals surface area contributed by atoms with Crippen molar-refractivity contribution < 1.29 is 24.1 Å². The van der Waals surface area contributed by atoms with Crippen LogP contribution in [0.25, 0.3) is 0 Å². The van der Waals surface area contributed by atoms with Crippen LogP contribution in [0, 0.1) is 0 Å². The molecule has 3 rings (SSSR count). The number of carbonyl (C=O) groups excluding carboxylic acids is 1. The Morgan fingerprint density at radius 1 is 1.10 bits per heavy atom. The highest BCUT2D eigenvalue weighted by Crippen LogP contribution is 2.36. The zero-order valence-electron chi connectivity index (χ0n) is 18.3. The van der Waals surface area contributed by atoms with Gasteiger partial charge >= 0.3 is 0 Å². The maximum absolute atomic E-state index is 13.1. The lowest BCUT2D eigenvalue weighted by molar-refractivity contribution is -0.150. The predicted molar refractivity (Wildman–Crippen MR) is 115 cm³/mol. The molecular weight excluding hydrogens is 384 g/mol. The number of aliphatic hydroxyl groups excluding tert-OH is 1. The number of nitrogens with zero attached hydrogens (tertiary/aromatic N) is 2. The normalized spacial score (nSPS) is 23.1. The molecule has 2 fully saturated rings. The number of ether oxygens (including phenoxy) is 3. The molecule has 0 radical (unpaired) electrons. The predicted octanol–water partition coefficient (Wildman–Crippen LogP) is 2.62. The fraction of sp³-hybridized carbons (Fsp3) is 0.696. The third-order valence-electron chi connectivity index (χ3n) is 6.17. The fourth-order valence-corrected chi connectivity index (χ4v) is 4.55. The van der Waals surface area contributed by atoms with Crippen LogP contribution >= 0.6 is 0 Å². The Balaban J connectivity index is 1.68. The molecule has 30 heavy (non-hydrogen) atoms. The van der Waals surface area contributed by atoms with Gasteiger partial charge in [-0.3, -0.25) is 4.79 Å². The lowest BCUT2D eigenvalue weighted by Gasteiger charge is -2.41. The largest absolute Gasteiger partial charge is 0.493 e. The van der Waals surface area contributed by atoms with Crippen LogP contribution < -0.4 is 9.47 Å². The second kappa shape index (κ2) is 11.5. The molecule has 2 saturated heterocycles. The van der Waals surface area contributed by atoms with E-state index in [0.29, 0.717) is 31.1 Å². The minimum Gasteiger partial charge on any atom is -0.493 e. The summed E-state index contributed by atoms with van der Waals surface area (Å²) in [5.74, 6) is 1.35. The number of carbonyl (C=O) groups is 1. The zero-order chi connectivity index (χ0) is 21.3. The van der Waals surface area contributed by atoms with Gasteiger partial charge < -0.3 is 29.1 Å². The van der Waals surface area contributed by atoms with Crippen molar-refractivity contribution in [2.75, 3.05) is 53.6 Å². The molecule has 1 amide bonds. The van der Waals surface area contributed by atoms with E-state index in [1.807, 2.05) is 23.1 Å². The first-order valence-electron chi connectivity index (χ1n) is 11.1. The van der Waals surface area contributed by atoms with Crippen LogP contribution in [-0.4, -0.2) is 80.5 Å². The van der Waals surface area contributed by atoms with E-state index in [1.54, 1.807) is 14.2 Å². The van der Waals surface area contributed by atoms with Gasteiger partial charge in [0.15, 0.2) is 11.5 Å². The van der Waals surface area contributed by atoms with Gasteiger partial charge in [0.25, 0.3) is 0 Å². The number of methoxy groups -OCH3 is 2. The summed E-state index contributed by atoms with van der Waals surface area (Å²) in [6.45, 7) is 4.08. The maximum atomic E-state index is 13.1. The quantitative estimate of drug-likeness (QED) is 0.697. The highest BCUT2D eigenvalue weighted by atomic mass is 16.5. The molecule has 1 aromatic rings. The van der Waals surface area contributed by atoms with Crippen LogP contribution in [0.4, 0.5) is 0 Å². The van der Waals surface area contributed by atoms with E-state index < -0.39 is 6.10 Å². The Labute approximate surface area is 179 Å². The summed E-state index contributed by atoms with van der Waals surface area (Å²) in [5.41, 5.74) is 0.882. The van der Waals surface area contributed by atoms with Crippen LogP contribution in [0.2, 0.25) is 0 Å². The molecule has 0 bridgehead atoms. The van der Waals surface area contributed by atoms with E-state index in [-0.39, 0.29) is 18.6 Å². The first kappa shape index (κ1) is 22.8. The van der Waals surface area contributed by atoms with Crippen molar-refractivity contribution in [1.29, 1.82) is 0 Å². The third kappa shape index (κ3) is 5.65. The molecule has 2 aliphatic rings. The Morgan fingerprint density at radius 3 is 2.50 bits per heavy atom. The van der Waals surface area contributed by atoms with E-state index in [0.717, 1.165) is 31.6 Å². The minimum atomic E-state index is -0.452. The second-order valence-electron chi connectivity index (χ2n) is 8.10. The fourth-order valence-electron chi connectivity index (χ4n) is 4.55. The van der Waals surface area contributed by atoms with Gasteiger partial charge in [-0.1, -0.05) is 18.9 Å². The Morgan fingerprint density at radius 2 is 1.83 bits per heavy atom. The van der Waals surface area contributed by atoms with Crippen LogP contribution in [0.3, 0.4) is 0 Å². The molecule has 2 heterocycles. The summed E-state index contributed by atoms with van der Waals surface area (Å²) < 4.78 is 16.6. The number of hydrogen-bond donors (Lipinski definition) is 1. The van der Waals surface area contributed by atoms with Gasteiger partial charge in [0, 0.05) is 13.0 Å². The minimum absolute atomic E-state index is 0.117. The number of likely N-dealkylation sites (tertiary alicyclic amines) is 1. The van der Waals surface area contributed by atoms with Gasteiger partial charge in [0.2, 0.25) is 5.91 Å². The van der Waals surface area contributed by atoms with E-state index in [9.17, 15) is 9.90 Å². The summed E-state index contributed by atoms with van der Waals surface area (Å²) >= 11 is 0. The second-order valence-corrected chi connectivity index (χ2v) is 8.10. The first-order chi connectivity index (χ1) is 14.7. The molecule has 0 aliphatic carbocycles. The molecule has 7 heteroatoms. The summed E-state index contributed by atoms with van der Waals surface area (Å²) in [4.78, 5) is 17.5. The zero-order valence-corrected chi connectivity index (χ0v) is 18.3. The maximum Gasteiger partial charge on any atom is 0.223 e. The summed E-state index contributed by atoms with van der Waals surface area (Å²) in [5, 5.41) is 9.90. The molecule has 7 nitrogen and oxygen atoms in total. The van der Waals surface area contributed by atoms with E-state index in [2.05, 4.69) is 4.90 Å². The lowest BCUT2D eigenvalue weighted by Crippen LogP contribution is -2.49. The van der Waals surface area contributed by atoms with Gasteiger partial charge in [-0.25, -0.2) is 0 Å².